The molecule has 102 valence electrons. The van der Waals surface area contributed by atoms with Crippen molar-refractivity contribution in [1.82, 2.24) is 10.1 Å². The topological polar surface area (TPSA) is 51.0 Å². The summed E-state index contributed by atoms with van der Waals surface area (Å²) in [4.78, 5) is 4.39. The first-order valence-corrected chi connectivity index (χ1v) is 7.39. The smallest absolute Gasteiger partial charge is 0.246 e. The number of nitrogens with one attached hydrogen (secondary N) is 1. The van der Waals surface area contributed by atoms with E-state index in [1.807, 2.05) is 36.6 Å². The summed E-state index contributed by atoms with van der Waals surface area (Å²) in [6, 6.07) is 7.47. The Labute approximate surface area is 125 Å². The maximum Gasteiger partial charge on any atom is 0.246 e. The molecule has 0 aliphatic carbocycles. The van der Waals surface area contributed by atoms with Gasteiger partial charge in [-0.1, -0.05) is 16.8 Å². The zero-order valence-corrected chi connectivity index (χ0v) is 12.3. The molecular weight excluding hydrogens is 294 g/mol. The van der Waals surface area contributed by atoms with Gasteiger partial charge in [-0.15, -0.1) is 0 Å². The molecule has 2 aromatic heterocycles. The molecule has 20 heavy (non-hydrogen) atoms. The number of benzene rings is 1. The molecule has 1 aromatic carbocycles. The highest BCUT2D eigenvalue weighted by molar-refractivity contribution is 7.08. The van der Waals surface area contributed by atoms with Crippen LogP contribution in [0.4, 0.5) is 5.69 Å². The number of halogens is 1. The molecule has 3 rings (SSSR count). The second-order valence-electron chi connectivity index (χ2n) is 4.34. The number of hydrogen-bond donors (Lipinski definition) is 1. The molecule has 0 atom stereocenters. The Hall–Kier alpha value is -1.85. The van der Waals surface area contributed by atoms with Gasteiger partial charge < -0.3 is 9.84 Å². The fourth-order valence-electron chi connectivity index (χ4n) is 1.77. The van der Waals surface area contributed by atoms with Crippen molar-refractivity contribution in [2.75, 3.05) is 5.32 Å². The molecular formula is C14H12ClN3OS. The summed E-state index contributed by atoms with van der Waals surface area (Å²) < 4.78 is 5.24. The predicted molar refractivity (Wildman–Crippen MR) is 81.1 cm³/mol. The van der Waals surface area contributed by atoms with Gasteiger partial charge in [-0.05, 0) is 42.1 Å². The SMILES string of the molecule is Cc1cscc1-c1noc(CNc2ccc(Cl)cc2)n1. The lowest BCUT2D eigenvalue weighted by atomic mass is 10.2. The van der Waals surface area contributed by atoms with Crippen molar-refractivity contribution in [3.8, 4) is 11.4 Å². The zero-order chi connectivity index (χ0) is 13.9. The van der Waals surface area contributed by atoms with Crippen LogP contribution in [0.2, 0.25) is 5.02 Å². The van der Waals surface area contributed by atoms with Crippen LogP contribution in [0.1, 0.15) is 11.5 Å². The van der Waals surface area contributed by atoms with Gasteiger partial charge in [0.1, 0.15) is 0 Å². The number of thiophene rings is 1. The summed E-state index contributed by atoms with van der Waals surface area (Å²) in [7, 11) is 0. The molecule has 2 heterocycles. The number of aryl methyl sites for hydroxylation is 1. The van der Waals surface area contributed by atoms with E-state index in [4.69, 9.17) is 16.1 Å². The van der Waals surface area contributed by atoms with Crippen LogP contribution in [0.25, 0.3) is 11.4 Å². The van der Waals surface area contributed by atoms with Crippen molar-refractivity contribution in [1.29, 1.82) is 0 Å². The van der Waals surface area contributed by atoms with Crippen LogP contribution < -0.4 is 5.32 Å². The number of anilines is 1. The van der Waals surface area contributed by atoms with Crippen molar-refractivity contribution in [3.05, 3.63) is 51.5 Å². The van der Waals surface area contributed by atoms with E-state index in [1.54, 1.807) is 11.3 Å². The van der Waals surface area contributed by atoms with Gasteiger partial charge in [0.15, 0.2) is 0 Å². The molecule has 0 aliphatic rings. The minimum Gasteiger partial charge on any atom is -0.376 e. The van der Waals surface area contributed by atoms with Crippen molar-refractivity contribution >= 4 is 28.6 Å². The van der Waals surface area contributed by atoms with E-state index in [9.17, 15) is 0 Å². The number of rotatable bonds is 4. The normalized spacial score (nSPS) is 10.7. The first-order valence-electron chi connectivity index (χ1n) is 6.07. The van der Waals surface area contributed by atoms with Gasteiger partial charge in [0.05, 0.1) is 6.54 Å². The lowest BCUT2D eigenvalue weighted by Crippen LogP contribution is -1.99. The molecule has 0 radical (unpaired) electrons. The van der Waals surface area contributed by atoms with Crippen molar-refractivity contribution in [2.24, 2.45) is 0 Å². The van der Waals surface area contributed by atoms with Crippen LogP contribution in [0.15, 0.2) is 39.5 Å². The molecule has 0 fully saturated rings. The van der Waals surface area contributed by atoms with E-state index >= 15 is 0 Å². The highest BCUT2D eigenvalue weighted by atomic mass is 35.5. The molecule has 4 nitrogen and oxygen atoms in total. The van der Waals surface area contributed by atoms with Crippen LogP contribution in [-0.2, 0) is 6.54 Å². The first-order chi connectivity index (χ1) is 9.72. The fourth-order valence-corrected chi connectivity index (χ4v) is 2.72. The first kappa shape index (κ1) is 13.1. The van der Waals surface area contributed by atoms with E-state index in [-0.39, 0.29) is 0 Å². The lowest BCUT2D eigenvalue weighted by Gasteiger charge is -2.02. The minimum absolute atomic E-state index is 0.484. The largest absolute Gasteiger partial charge is 0.376 e. The molecule has 0 bridgehead atoms. The van der Waals surface area contributed by atoms with Gasteiger partial charge in [-0.25, -0.2) is 0 Å². The Kier molecular flexibility index (Phi) is 3.71. The lowest BCUT2D eigenvalue weighted by molar-refractivity contribution is 0.384. The average molecular weight is 306 g/mol. The van der Waals surface area contributed by atoms with E-state index in [2.05, 4.69) is 20.8 Å². The fraction of sp³-hybridized carbons (Fsp3) is 0.143. The van der Waals surface area contributed by atoms with Crippen LogP contribution >= 0.6 is 22.9 Å². The van der Waals surface area contributed by atoms with Crippen molar-refractivity contribution in [2.45, 2.75) is 13.5 Å². The second-order valence-corrected chi connectivity index (χ2v) is 5.52. The predicted octanol–water partition coefficient (Wildman–Crippen LogP) is 4.37. The van der Waals surface area contributed by atoms with Gasteiger partial charge >= 0.3 is 0 Å². The third-order valence-corrected chi connectivity index (χ3v) is 3.97. The molecule has 1 N–H and O–H groups in total. The molecule has 6 heteroatoms. The quantitative estimate of drug-likeness (QED) is 0.777. The monoisotopic (exact) mass is 305 g/mol. The Bertz CT molecular complexity index is 705. The summed E-state index contributed by atoms with van der Waals surface area (Å²) in [5.74, 6) is 1.19. The van der Waals surface area contributed by atoms with Gasteiger partial charge in [-0.3, -0.25) is 0 Å². The van der Waals surface area contributed by atoms with E-state index < -0.39 is 0 Å². The van der Waals surface area contributed by atoms with E-state index in [1.165, 1.54) is 0 Å². The van der Waals surface area contributed by atoms with Gasteiger partial charge in [0.2, 0.25) is 11.7 Å². The maximum absolute atomic E-state index is 5.84. The summed E-state index contributed by atoms with van der Waals surface area (Å²) in [6.07, 6.45) is 0. The van der Waals surface area contributed by atoms with Crippen LogP contribution in [0.5, 0.6) is 0 Å². The van der Waals surface area contributed by atoms with Crippen LogP contribution in [0.3, 0.4) is 0 Å². The number of aromatic nitrogens is 2. The summed E-state index contributed by atoms with van der Waals surface area (Å²) in [5.41, 5.74) is 3.14. The molecule has 0 saturated heterocycles. The molecule has 0 saturated carbocycles. The second kappa shape index (κ2) is 5.64. The summed E-state index contributed by atoms with van der Waals surface area (Å²) >= 11 is 7.47. The van der Waals surface area contributed by atoms with Gasteiger partial charge in [-0.2, -0.15) is 16.3 Å². The van der Waals surface area contributed by atoms with Gasteiger partial charge in [0.25, 0.3) is 0 Å². The Morgan fingerprint density at radius 3 is 2.75 bits per heavy atom. The summed E-state index contributed by atoms with van der Waals surface area (Å²) in [6.45, 7) is 2.52. The minimum atomic E-state index is 0.484. The third-order valence-electron chi connectivity index (χ3n) is 2.85. The number of nitrogens with zero attached hydrogens (tertiary/aromatic N) is 2. The molecule has 0 unspecified atom stereocenters. The van der Waals surface area contributed by atoms with Gasteiger partial charge in [0, 0.05) is 21.7 Å². The standard InChI is InChI=1S/C14H12ClN3OS/c1-9-7-20-8-12(9)14-17-13(19-18-14)6-16-11-4-2-10(15)3-5-11/h2-5,7-8,16H,6H2,1H3. The number of hydrogen-bond acceptors (Lipinski definition) is 5. The maximum atomic E-state index is 5.84. The molecule has 0 aliphatic heterocycles. The van der Waals surface area contributed by atoms with Crippen molar-refractivity contribution in [3.63, 3.8) is 0 Å². The summed E-state index contributed by atoms with van der Waals surface area (Å²) in [5, 5.41) is 12.0. The Balaban J connectivity index is 1.69. The Morgan fingerprint density at radius 1 is 1.25 bits per heavy atom. The van der Waals surface area contributed by atoms with E-state index in [0.29, 0.717) is 23.3 Å². The molecule has 0 amide bonds. The molecule has 0 spiro atoms. The Morgan fingerprint density at radius 2 is 2.05 bits per heavy atom. The highest BCUT2D eigenvalue weighted by Gasteiger charge is 2.11. The van der Waals surface area contributed by atoms with Crippen molar-refractivity contribution < 1.29 is 4.52 Å². The average Bonchev–Trinajstić information content (AvgIpc) is 3.06. The van der Waals surface area contributed by atoms with Crippen LogP contribution in [-0.4, -0.2) is 10.1 Å². The van der Waals surface area contributed by atoms with Crippen LogP contribution in [0, 0.1) is 6.92 Å². The highest BCUT2D eigenvalue weighted by Crippen LogP contribution is 2.24. The zero-order valence-electron chi connectivity index (χ0n) is 10.8. The third kappa shape index (κ3) is 2.84. The molecule has 3 aromatic rings. The van der Waals surface area contributed by atoms with E-state index in [0.717, 1.165) is 16.8 Å².